The summed E-state index contributed by atoms with van der Waals surface area (Å²) in [7, 11) is 0. The van der Waals surface area contributed by atoms with Gasteiger partial charge in [0.15, 0.2) is 6.61 Å². The summed E-state index contributed by atoms with van der Waals surface area (Å²) >= 11 is 0. The monoisotopic (exact) mass is 332 g/mol. The molecule has 1 fully saturated rings. The second kappa shape index (κ2) is 7.29. The minimum Gasteiger partial charge on any atom is -0.479 e. The standard InChI is InChI=1S/C18H20O6/c1-12-3-5-14(6-4-12)10-18(7-8-18)24-16(21)9-13(2)17(22)23-11-15(19)20/h3-6H,2,7-11H2,1H3,(H,19,20). The maximum atomic E-state index is 12.0. The first-order valence-electron chi connectivity index (χ1n) is 7.64. The van der Waals surface area contributed by atoms with Crippen molar-refractivity contribution >= 4 is 17.9 Å². The van der Waals surface area contributed by atoms with Crippen molar-refractivity contribution < 1.29 is 29.0 Å². The second-order valence-corrected chi connectivity index (χ2v) is 6.07. The van der Waals surface area contributed by atoms with E-state index in [1.54, 1.807) is 0 Å². The molecule has 1 aliphatic carbocycles. The summed E-state index contributed by atoms with van der Waals surface area (Å²) < 4.78 is 9.98. The van der Waals surface area contributed by atoms with Crippen LogP contribution in [0.25, 0.3) is 0 Å². The summed E-state index contributed by atoms with van der Waals surface area (Å²) in [5.41, 5.74) is 1.63. The number of carboxylic acid groups (broad SMARTS) is 1. The number of esters is 2. The molecular formula is C18H20O6. The molecule has 1 saturated carbocycles. The van der Waals surface area contributed by atoms with Gasteiger partial charge in [0.05, 0.1) is 6.42 Å². The third kappa shape index (κ3) is 5.22. The van der Waals surface area contributed by atoms with E-state index in [-0.39, 0.29) is 12.0 Å². The molecule has 0 aliphatic heterocycles. The van der Waals surface area contributed by atoms with Gasteiger partial charge in [-0.25, -0.2) is 9.59 Å². The van der Waals surface area contributed by atoms with Gasteiger partial charge >= 0.3 is 17.9 Å². The van der Waals surface area contributed by atoms with Crippen molar-refractivity contribution in [3.8, 4) is 0 Å². The second-order valence-electron chi connectivity index (χ2n) is 6.07. The van der Waals surface area contributed by atoms with Crippen LogP contribution in [0.3, 0.4) is 0 Å². The average molecular weight is 332 g/mol. The van der Waals surface area contributed by atoms with Crippen LogP contribution in [0.15, 0.2) is 36.4 Å². The van der Waals surface area contributed by atoms with Gasteiger partial charge < -0.3 is 14.6 Å². The van der Waals surface area contributed by atoms with E-state index in [1.807, 2.05) is 31.2 Å². The van der Waals surface area contributed by atoms with Crippen LogP contribution in [0.1, 0.15) is 30.4 Å². The molecule has 0 aromatic heterocycles. The highest BCUT2D eigenvalue weighted by Gasteiger charge is 2.46. The molecule has 0 amide bonds. The Morgan fingerprint density at radius 1 is 1.21 bits per heavy atom. The van der Waals surface area contributed by atoms with Crippen LogP contribution in [0, 0.1) is 6.92 Å². The van der Waals surface area contributed by atoms with E-state index in [4.69, 9.17) is 9.84 Å². The maximum absolute atomic E-state index is 12.0. The number of ether oxygens (including phenoxy) is 2. The van der Waals surface area contributed by atoms with Gasteiger partial charge in [0.1, 0.15) is 5.60 Å². The van der Waals surface area contributed by atoms with Crippen LogP contribution < -0.4 is 0 Å². The Morgan fingerprint density at radius 3 is 2.38 bits per heavy atom. The Balaban J connectivity index is 1.83. The lowest BCUT2D eigenvalue weighted by Gasteiger charge is -2.17. The zero-order valence-electron chi connectivity index (χ0n) is 13.5. The number of aryl methyl sites for hydroxylation is 1. The molecule has 0 saturated heterocycles. The molecule has 1 aromatic carbocycles. The van der Waals surface area contributed by atoms with Crippen molar-refractivity contribution in [1.82, 2.24) is 0 Å². The first-order valence-corrected chi connectivity index (χ1v) is 7.64. The fraction of sp³-hybridized carbons (Fsp3) is 0.389. The van der Waals surface area contributed by atoms with Gasteiger partial charge in [0.2, 0.25) is 0 Å². The number of benzene rings is 1. The van der Waals surface area contributed by atoms with Gasteiger partial charge in [0.25, 0.3) is 0 Å². The zero-order valence-corrected chi connectivity index (χ0v) is 13.5. The number of hydrogen-bond acceptors (Lipinski definition) is 5. The van der Waals surface area contributed by atoms with Gasteiger partial charge in [-0.2, -0.15) is 0 Å². The van der Waals surface area contributed by atoms with E-state index >= 15 is 0 Å². The molecule has 128 valence electrons. The average Bonchev–Trinajstić information content (AvgIpc) is 3.26. The molecule has 0 heterocycles. The number of rotatable bonds is 8. The molecule has 0 spiro atoms. The van der Waals surface area contributed by atoms with Crippen molar-refractivity contribution in [1.29, 1.82) is 0 Å². The van der Waals surface area contributed by atoms with Crippen molar-refractivity contribution in [3.05, 3.63) is 47.5 Å². The Morgan fingerprint density at radius 2 is 1.83 bits per heavy atom. The largest absolute Gasteiger partial charge is 0.479 e. The van der Waals surface area contributed by atoms with Gasteiger partial charge in [-0.15, -0.1) is 0 Å². The number of aliphatic carboxylic acids is 1. The van der Waals surface area contributed by atoms with Crippen LogP contribution >= 0.6 is 0 Å². The van der Waals surface area contributed by atoms with E-state index in [0.717, 1.165) is 24.0 Å². The third-order valence-corrected chi connectivity index (χ3v) is 3.76. The zero-order chi connectivity index (χ0) is 17.7. The molecule has 6 heteroatoms. The van der Waals surface area contributed by atoms with Crippen molar-refractivity contribution in [3.63, 3.8) is 0 Å². The number of carbonyl (C=O) groups excluding carboxylic acids is 2. The molecule has 0 unspecified atom stereocenters. The smallest absolute Gasteiger partial charge is 0.341 e. The Kier molecular flexibility index (Phi) is 5.39. The lowest BCUT2D eigenvalue weighted by atomic mass is 10.0. The van der Waals surface area contributed by atoms with Crippen molar-refractivity contribution in [2.45, 2.75) is 38.2 Å². The topological polar surface area (TPSA) is 89.9 Å². The fourth-order valence-electron chi connectivity index (χ4n) is 2.29. The van der Waals surface area contributed by atoms with Gasteiger partial charge in [-0.1, -0.05) is 36.4 Å². The van der Waals surface area contributed by atoms with E-state index < -0.39 is 30.1 Å². The van der Waals surface area contributed by atoms with Crippen LogP contribution in [-0.2, 0) is 30.3 Å². The lowest BCUT2D eigenvalue weighted by molar-refractivity contribution is -0.154. The van der Waals surface area contributed by atoms with Gasteiger partial charge in [-0.3, -0.25) is 4.79 Å². The summed E-state index contributed by atoms with van der Waals surface area (Å²) in [6, 6.07) is 8.03. The van der Waals surface area contributed by atoms with E-state index in [2.05, 4.69) is 11.3 Å². The van der Waals surface area contributed by atoms with Crippen LogP contribution in [0.2, 0.25) is 0 Å². The summed E-state index contributed by atoms with van der Waals surface area (Å²) in [5, 5.41) is 8.45. The normalized spacial score (nSPS) is 14.5. The lowest BCUT2D eigenvalue weighted by Crippen LogP contribution is -2.24. The van der Waals surface area contributed by atoms with E-state index in [1.165, 1.54) is 0 Å². The van der Waals surface area contributed by atoms with Crippen LogP contribution in [0.5, 0.6) is 0 Å². The molecular weight excluding hydrogens is 312 g/mol. The number of carbonyl (C=O) groups is 3. The molecule has 1 aromatic rings. The summed E-state index contributed by atoms with van der Waals surface area (Å²) in [6.45, 7) is 4.69. The predicted octanol–water partition coefficient (Wildman–Crippen LogP) is 2.19. The first-order chi connectivity index (χ1) is 11.3. The van der Waals surface area contributed by atoms with Gasteiger partial charge in [0, 0.05) is 12.0 Å². The van der Waals surface area contributed by atoms with E-state index in [0.29, 0.717) is 6.42 Å². The van der Waals surface area contributed by atoms with Crippen molar-refractivity contribution in [2.24, 2.45) is 0 Å². The molecule has 6 nitrogen and oxygen atoms in total. The molecule has 0 bridgehead atoms. The molecule has 0 radical (unpaired) electrons. The Labute approximate surface area is 140 Å². The summed E-state index contributed by atoms with van der Waals surface area (Å²) in [6.07, 6.45) is 1.88. The van der Waals surface area contributed by atoms with E-state index in [9.17, 15) is 14.4 Å². The summed E-state index contributed by atoms with van der Waals surface area (Å²) in [5.74, 6) is -2.73. The Bertz CT molecular complexity index is 655. The highest BCUT2D eigenvalue weighted by Crippen LogP contribution is 2.43. The number of carboxylic acids is 1. The predicted molar refractivity (Wildman–Crippen MR) is 85.3 cm³/mol. The van der Waals surface area contributed by atoms with Gasteiger partial charge in [-0.05, 0) is 25.3 Å². The third-order valence-electron chi connectivity index (χ3n) is 3.76. The highest BCUT2D eigenvalue weighted by atomic mass is 16.6. The van der Waals surface area contributed by atoms with Crippen molar-refractivity contribution in [2.75, 3.05) is 6.61 Å². The molecule has 1 N–H and O–H groups in total. The highest BCUT2D eigenvalue weighted by molar-refractivity contribution is 5.94. The minimum absolute atomic E-state index is 0.118. The molecule has 0 atom stereocenters. The summed E-state index contributed by atoms with van der Waals surface area (Å²) in [4.78, 5) is 33.8. The minimum atomic E-state index is -1.27. The Hall–Kier alpha value is -2.63. The maximum Gasteiger partial charge on any atom is 0.341 e. The quantitative estimate of drug-likeness (QED) is 0.580. The number of hydrogen-bond donors (Lipinski definition) is 1. The first kappa shape index (κ1) is 17.7. The van der Waals surface area contributed by atoms with Crippen LogP contribution in [-0.4, -0.2) is 35.2 Å². The molecule has 2 rings (SSSR count). The molecule has 1 aliphatic rings. The fourth-order valence-corrected chi connectivity index (χ4v) is 2.29. The SMILES string of the molecule is C=C(CC(=O)OC1(Cc2ccc(C)cc2)CC1)C(=O)OCC(=O)O. The molecule has 24 heavy (non-hydrogen) atoms. The van der Waals surface area contributed by atoms with Crippen LogP contribution in [0.4, 0.5) is 0 Å².